The van der Waals surface area contributed by atoms with E-state index < -0.39 is 0 Å². The van der Waals surface area contributed by atoms with Gasteiger partial charge in [0.25, 0.3) is 0 Å². The molecule has 0 fully saturated rings. The summed E-state index contributed by atoms with van der Waals surface area (Å²) < 4.78 is 0. The molecule has 1 N–H and O–H groups in total. The lowest BCUT2D eigenvalue weighted by molar-refractivity contribution is 0.707. The smallest absolute Gasteiger partial charge is 0.0586 e. The molecule has 15 heavy (non-hydrogen) atoms. The summed E-state index contributed by atoms with van der Waals surface area (Å²) in [6.07, 6.45) is 0. The van der Waals surface area contributed by atoms with Crippen molar-refractivity contribution in [1.82, 2.24) is 5.32 Å². The van der Waals surface area contributed by atoms with Gasteiger partial charge >= 0.3 is 0 Å². The second-order valence-corrected chi connectivity index (χ2v) is 3.90. The van der Waals surface area contributed by atoms with Gasteiger partial charge in [-0.2, -0.15) is 0 Å². The van der Waals surface area contributed by atoms with Gasteiger partial charge in [0, 0.05) is 0 Å². The summed E-state index contributed by atoms with van der Waals surface area (Å²) in [7, 11) is 2.02. The highest BCUT2D eigenvalue weighted by Crippen LogP contribution is 2.42. The third-order valence-electron chi connectivity index (χ3n) is 3.12. The van der Waals surface area contributed by atoms with Gasteiger partial charge in [-0.3, -0.25) is 0 Å². The average molecular weight is 195 g/mol. The molecule has 74 valence electrons. The van der Waals surface area contributed by atoms with Crippen molar-refractivity contribution in [1.29, 1.82) is 0 Å². The fourth-order valence-electron chi connectivity index (χ4n) is 2.47. The fourth-order valence-corrected chi connectivity index (χ4v) is 2.47. The van der Waals surface area contributed by atoms with Gasteiger partial charge in [-0.15, -0.1) is 0 Å². The summed E-state index contributed by atoms with van der Waals surface area (Å²) in [5, 5.41) is 3.38. The van der Waals surface area contributed by atoms with E-state index in [2.05, 4.69) is 53.8 Å². The van der Waals surface area contributed by atoms with Crippen molar-refractivity contribution in [2.24, 2.45) is 0 Å². The van der Waals surface area contributed by atoms with Crippen LogP contribution in [0.25, 0.3) is 11.1 Å². The molecule has 0 spiro atoms. The van der Waals surface area contributed by atoms with E-state index >= 15 is 0 Å². The molecule has 0 radical (unpaired) electrons. The topological polar surface area (TPSA) is 12.0 Å². The van der Waals surface area contributed by atoms with Gasteiger partial charge in [0.15, 0.2) is 0 Å². The highest BCUT2D eigenvalue weighted by molar-refractivity contribution is 5.78. The van der Waals surface area contributed by atoms with Crippen LogP contribution in [-0.2, 0) is 0 Å². The van der Waals surface area contributed by atoms with Gasteiger partial charge < -0.3 is 5.32 Å². The number of hydrogen-bond acceptors (Lipinski definition) is 1. The largest absolute Gasteiger partial charge is 0.309 e. The SMILES string of the molecule is CNC1c2ccccc2-c2ccccc21. The normalized spacial score (nSPS) is 13.7. The van der Waals surface area contributed by atoms with Crippen molar-refractivity contribution < 1.29 is 0 Å². The standard InChI is InChI=1S/C14H13N/c1-15-14-12-8-4-2-6-10(12)11-7-3-5-9-13(11)14/h2-9,14-15H,1H3. The molecule has 3 rings (SSSR count). The van der Waals surface area contributed by atoms with Gasteiger partial charge in [-0.05, 0) is 29.3 Å². The van der Waals surface area contributed by atoms with Gasteiger partial charge in [-0.1, -0.05) is 48.5 Å². The van der Waals surface area contributed by atoms with Crippen LogP contribution in [0, 0.1) is 0 Å². The van der Waals surface area contributed by atoms with Crippen molar-refractivity contribution in [3.8, 4) is 11.1 Å². The zero-order chi connectivity index (χ0) is 10.3. The summed E-state index contributed by atoms with van der Waals surface area (Å²) in [4.78, 5) is 0. The van der Waals surface area contributed by atoms with E-state index in [9.17, 15) is 0 Å². The number of rotatable bonds is 1. The molecule has 2 aromatic carbocycles. The summed E-state index contributed by atoms with van der Waals surface area (Å²) in [6.45, 7) is 0. The molecule has 0 aromatic heterocycles. The quantitative estimate of drug-likeness (QED) is 0.737. The maximum Gasteiger partial charge on any atom is 0.0586 e. The van der Waals surface area contributed by atoms with Crippen LogP contribution in [0.3, 0.4) is 0 Å². The lowest BCUT2D eigenvalue weighted by atomic mass is 10.1. The van der Waals surface area contributed by atoms with E-state index in [1.165, 1.54) is 22.3 Å². The molecule has 0 saturated carbocycles. The molecule has 0 atom stereocenters. The first-order valence-corrected chi connectivity index (χ1v) is 5.27. The summed E-state index contributed by atoms with van der Waals surface area (Å²) in [5.41, 5.74) is 5.52. The lowest BCUT2D eigenvalue weighted by Crippen LogP contribution is -2.14. The highest BCUT2D eigenvalue weighted by Gasteiger charge is 2.25. The molecular weight excluding hydrogens is 182 g/mol. The van der Waals surface area contributed by atoms with Crippen LogP contribution >= 0.6 is 0 Å². The first kappa shape index (κ1) is 8.69. The molecule has 1 heteroatoms. The Bertz CT molecular complexity index is 457. The predicted molar refractivity (Wildman–Crippen MR) is 62.8 cm³/mol. The number of benzene rings is 2. The molecule has 1 aliphatic rings. The van der Waals surface area contributed by atoms with E-state index in [0.717, 1.165) is 0 Å². The Labute approximate surface area is 89.8 Å². The molecule has 0 aliphatic heterocycles. The predicted octanol–water partition coefficient (Wildman–Crippen LogP) is 2.98. The molecule has 0 unspecified atom stereocenters. The molecule has 0 heterocycles. The van der Waals surface area contributed by atoms with Gasteiger partial charge in [-0.25, -0.2) is 0 Å². The minimum Gasteiger partial charge on any atom is -0.309 e. The van der Waals surface area contributed by atoms with Crippen LogP contribution in [-0.4, -0.2) is 7.05 Å². The Morgan fingerprint density at radius 3 is 1.73 bits per heavy atom. The van der Waals surface area contributed by atoms with Crippen molar-refractivity contribution in [2.75, 3.05) is 7.05 Å². The summed E-state index contributed by atoms with van der Waals surface area (Å²) in [5.74, 6) is 0. The second-order valence-electron chi connectivity index (χ2n) is 3.90. The maximum atomic E-state index is 3.38. The monoisotopic (exact) mass is 195 g/mol. The minimum absolute atomic E-state index is 0.359. The maximum absolute atomic E-state index is 3.38. The Morgan fingerprint density at radius 2 is 1.27 bits per heavy atom. The summed E-state index contributed by atoms with van der Waals surface area (Å²) in [6, 6.07) is 17.6. The van der Waals surface area contributed by atoms with Crippen LogP contribution in [0.2, 0.25) is 0 Å². The first-order valence-electron chi connectivity index (χ1n) is 5.27. The Morgan fingerprint density at radius 1 is 0.800 bits per heavy atom. The molecule has 0 saturated heterocycles. The van der Waals surface area contributed by atoms with Gasteiger partial charge in [0.05, 0.1) is 6.04 Å². The minimum atomic E-state index is 0.359. The van der Waals surface area contributed by atoms with Crippen molar-refractivity contribution in [3.63, 3.8) is 0 Å². The van der Waals surface area contributed by atoms with Crippen LogP contribution in [0.15, 0.2) is 48.5 Å². The van der Waals surface area contributed by atoms with E-state index in [1.807, 2.05) is 7.05 Å². The molecular formula is C14H13N. The fraction of sp³-hybridized carbons (Fsp3) is 0.143. The zero-order valence-corrected chi connectivity index (χ0v) is 8.70. The molecule has 1 nitrogen and oxygen atoms in total. The Kier molecular flexibility index (Phi) is 1.86. The number of hydrogen-bond donors (Lipinski definition) is 1. The third-order valence-corrected chi connectivity index (χ3v) is 3.12. The molecule has 1 aliphatic carbocycles. The van der Waals surface area contributed by atoms with Crippen molar-refractivity contribution in [3.05, 3.63) is 59.7 Å². The van der Waals surface area contributed by atoms with Crippen LogP contribution < -0.4 is 5.32 Å². The van der Waals surface area contributed by atoms with Crippen LogP contribution in [0.1, 0.15) is 17.2 Å². The first-order chi connectivity index (χ1) is 7.42. The molecule has 2 aromatic rings. The second kappa shape index (κ2) is 3.21. The van der Waals surface area contributed by atoms with Gasteiger partial charge in [0.2, 0.25) is 0 Å². The van der Waals surface area contributed by atoms with E-state index in [1.54, 1.807) is 0 Å². The van der Waals surface area contributed by atoms with E-state index in [4.69, 9.17) is 0 Å². The zero-order valence-electron chi connectivity index (χ0n) is 8.70. The van der Waals surface area contributed by atoms with E-state index in [0.29, 0.717) is 6.04 Å². The van der Waals surface area contributed by atoms with E-state index in [-0.39, 0.29) is 0 Å². The van der Waals surface area contributed by atoms with Crippen molar-refractivity contribution >= 4 is 0 Å². The Hall–Kier alpha value is -1.60. The van der Waals surface area contributed by atoms with Gasteiger partial charge in [0.1, 0.15) is 0 Å². The Balaban J connectivity index is 2.31. The molecule has 0 bridgehead atoms. The van der Waals surface area contributed by atoms with Crippen LogP contribution in [0.4, 0.5) is 0 Å². The average Bonchev–Trinajstić information content (AvgIpc) is 2.63. The number of fused-ring (bicyclic) bond motifs is 3. The number of nitrogens with one attached hydrogen (secondary N) is 1. The van der Waals surface area contributed by atoms with Crippen LogP contribution in [0.5, 0.6) is 0 Å². The summed E-state index contributed by atoms with van der Waals surface area (Å²) >= 11 is 0. The third kappa shape index (κ3) is 1.13. The highest BCUT2D eigenvalue weighted by atomic mass is 14.9. The lowest BCUT2D eigenvalue weighted by Gasteiger charge is -2.11. The molecule has 0 amide bonds. The van der Waals surface area contributed by atoms with Crippen molar-refractivity contribution in [2.45, 2.75) is 6.04 Å².